The Kier molecular flexibility index (Phi) is 4.30. The summed E-state index contributed by atoms with van der Waals surface area (Å²) < 4.78 is 4.77. The van der Waals surface area contributed by atoms with E-state index in [1.807, 2.05) is 12.4 Å². The molecule has 0 fully saturated rings. The number of nitrogens with zero attached hydrogens (tertiary/aromatic N) is 4. The van der Waals surface area contributed by atoms with Crippen LogP contribution >= 0.6 is 0 Å². The van der Waals surface area contributed by atoms with Gasteiger partial charge in [0.05, 0.1) is 27.6 Å². The minimum Gasteiger partial charge on any atom is -0.309 e. The highest BCUT2D eigenvalue weighted by atomic mass is 15.0. The molecule has 40 heavy (non-hydrogen) atoms. The minimum atomic E-state index is 0.992. The highest BCUT2D eigenvalue weighted by Gasteiger charge is 2.20. The normalized spacial score (nSPS) is 12.0. The van der Waals surface area contributed by atoms with Crippen molar-refractivity contribution in [3.05, 3.63) is 134 Å². The molecule has 9 rings (SSSR count). The van der Waals surface area contributed by atoms with Crippen LogP contribution in [-0.2, 0) is 0 Å². The van der Waals surface area contributed by atoms with Gasteiger partial charge in [0, 0.05) is 39.6 Å². The molecule has 0 spiro atoms. The lowest BCUT2D eigenvalue weighted by atomic mass is 10.0. The van der Waals surface area contributed by atoms with E-state index < -0.39 is 0 Å². The molecule has 0 aliphatic rings. The van der Waals surface area contributed by atoms with E-state index in [2.05, 4.69) is 135 Å². The summed E-state index contributed by atoms with van der Waals surface area (Å²) >= 11 is 0. The summed E-state index contributed by atoms with van der Waals surface area (Å²) in [6.07, 6.45) is 3.70. The van der Waals surface area contributed by atoms with Crippen molar-refractivity contribution in [3.8, 4) is 16.8 Å². The second-order valence-electron chi connectivity index (χ2n) is 10.3. The molecule has 4 nitrogen and oxygen atoms in total. The Balaban J connectivity index is 1.52. The van der Waals surface area contributed by atoms with E-state index in [-0.39, 0.29) is 0 Å². The zero-order chi connectivity index (χ0) is 26.2. The van der Waals surface area contributed by atoms with E-state index in [4.69, 9.17) is 4.98 Å². The van der Waals surface area contributed by atoms with Crippen molar-refractivity contribution in [1.29, 1.82) is 0 Å². The molecule has 0 radical (unpaired) electrons. The molecule has 9 aromatic rings. The van der Waals surface area contributed by atoms with Crippen LogP contribution in [0, 0.1) is 0 Å². The summed E-state index contributed by atoms with van der Waals surface area (Å²) in [5.74, 6) is 0. The van der Waals surface area contributed by atoms with Crippen LogP contribution in [0.1, 0.15) is 0 Å². The fraction of sp³-hybridized carbons (Fsp3) is 0. The standard InChI is InChI=1S/C36H22N4/c1-2-12-29-27(11-1)34-33(40-32-15-6-4-13-30(32)38-36(29)40)17-16-28-26-10-3-5-14-31(26)39(35(28)34)25-9-7-8-24(22-25)23-18-20-37-21-19-23/h1-22H. The van der Waals surface area contributed by atoms with Crippen LogP contribution in [0.5, 0.6) is 0 Å². The van der Waals surface area contributed by atoms with Gasteiger partial charge in [0.15, 0.2) is 0 Å². The maximum absolute atomic E-state index is 5.09. The second kappa shape index (κ2) is 8.01. The fourth-order valence-electron chi connectivity index (χ4n) is 6.48. The monoisotopic (exact) mass is 510 g/mol. The average Bonchev–Trinajstić information content (AvgIpc) is 3.58. The van der Waals surface area contributed by atoms with Crippen LogP contribution in [-0.4, -0.2) is 18.9 Å². The van der Waals surface area contributed by atoms with Gasteiger partial charge in [0.25, 0.3) is 0 Å². The van der Waals surface area contributed by atoms with E-state index in [0.717, 1.165) is 38.8 Å². The molecule has 0 amide bonds. The molecular weight excluding hydrogens is 488 g/mol. The highest BCUT2D eigenvalue weighted by Crippen LogP contribution is 2.41. The van der Waals surface area contributed by atoms with Crippen LogP contribution in [0.4, 0.5) is 0 Å². The summed E-state index contributed by atoms with van der Waals surface area (Å²) in [4.78, 5) is 9.31. The van der Waals surface area contributed by atoms with Crippen molar-refractivity contribution in [2.75, 3.05) is 0 Å². The summed E-state index contributed by atoms with van der Waals surface area (Å²) in [7, 11) is 0. The van der Waals surface area contributed by atoms with Crippen LogP contribution in [0.2, 0.25) is 0 Å². The summed E-state index contributed by atoms with van der Waals surface area (Å²) in [5, 5.41) is 6.08. The van der Waals surface area contributed by atoms with Crippen LogP contribution in [0.3, 0.4) is 0 Å². The fourth-order valence-corrected chi connectivity index (χ4v) is 6.48. The number of aromatic nitrogens is 4. The quantitative estimate of drug-likeness (QED) is 0.218. The molecular formula is C36H22N4. The largest absolute Gasteiger partial charge is 0.309 e. The first-order valence-electron chi connectivity index (χ1n) is 13.5. The molecule has 4 aromatic heterocycles. The Labute approximate surface area is 229 Å². The van der Waals surface area contributed by atoms with E-state index in [0.29, 0.717) is 0 Å². The number of fused-ring (bicyclic) bond motifs is 12. The predicted molar refractivity (Wildman–Crippen MR) is 165 cm³/mol. The molecule has 5 aromatic carbocycles. The first-order chi connectivity index (χ1) is 19.9. The Morgan fingerprint density at radius 2 is 1.25 bits per heavy atom. The van der Waals surface area contributed by atoms with E-state index >= 15 is 0 Å². The van der Waals surface area contributed by atoms with Crippen molar-refractivity contribution in [1.82, 2.24) is 18.9 Å². The molecule has 4 heterocycles. The third kappa shape index (κ3) is 2.85. The maximum Gasteiger partial charge on any atom is 0.146 e. The zero-order valence-corrected chi connectivity index (χ0v) is 21.5. The number of pyridine rings is 2. The van der Waals surface area contributed by atoms with Gasteiger partial charge in [-0.15, -0.1) is 0 Å². The number of rotatable bonds is 2. The molecule has 0 unspecified atom stereocenters. The number of benzene rings is 5. The predicted octanol–water partition coefficient (Wildman–Crippen LogP) is 8.95. The van der Waals surface area contributed by atoms with Crippen molar-refractivity contribution >= 4 is 60.2 Å². The van der Waals surface area contributed by atoms with Crippen molar-refractivity contribution in [2.45, 2.75) is 0 Å². The molecule has 0 saturated heterocycles. The second-order valence-corrected chi connectivity index (χ2v) is 10.3. The molecule has 186 valence electrons. The summed E-state index contributed by atoms with van der Waals surface area (Å²) in [6, 6.07) is 43.3. The summed E-state index contributed by atoms with van der Waals surface area (Å²) in [6.45, 7) is 0. The topological polar surface area (TPSA) is 35.1 Å². The highest BCUT2D eigenvalue weighted by molar-refractivity contribution is 6.27. The van der Waals surface area contributed by atoms with Gasteiger partial charge in [0.1, 0.15) is 5.65 Å². The third-order valence-electron chi connectivity index (χ3n) is 8.17. The van der Waals surface area contributed by atoms with Gasteiger partial charge in [-0.05, 0) is 65.0 Å². The van der Waals surface area contributed by atoms with Crippen molar-refractivity contribution in [2.24, 2.45) is 0 Å². The van der Waals surface area contributed by atoms with Crippen molar-refractivity contribution in [3.63, 3.8) is 0 Å². The van der Waals surface area contributed by atoms with Crippen LogP contribution < -0.4 is 0 Å². The summed E-state index contributed by atoms with van der Waals surface area (Å²) in [5.41, 5.74) is 10.1. The van der Waals surface area contributed by atoms with Gasteiger partial charge in [-0.1, -0.05) is 72.8 Å². The third-order valence-corrected chi connectivity index (χ3v) is 8.17. The lowest BCUT2D eigenvalue weighted by Crippen LogP contribution is -1.97. The molecule has 0 aliphatic heterocycles. The average molecular weight is 511 g/mol. The van der Waals surface area contributed by atoms with Gasteiger partial charge in [-0.3, -0.25) is 9.38 Å². The maximum atomic E-state index is 5.09. The molecule has 0 N–H and O–H groups in total. The molecule has 0 saturated carbocycles. The van der Waals surface area contributed by atoms with Gasteiger partial charge < -0.3 is 4.57 Å². The van der Waals surface area contributed by atoms with Gasteiger partial charge in [-0.2, -0.15) is 0 Å². The first-order valence-corrected chi connectivity index (χ1v) is 13.5. The SMILES string of the molecule is c1cc(-c2ccncc2)cc(-n2c3ccccc3c3ccc4c(c5ccccc5c5nc6ccccc6n45)c32)c1. The van der Waals surface area contributed by atoms with Crippen molar-refractivity contribution < 1.29 is 0 Å². The first kappa shape index (κ1) is 21.5. The zero-order valence-electron chi connectivity index (χ0n) is 21.5. The van der Waals surface area contributed by atoms with E-state index in [9.17, 15) is 0 Å². The number of hydrogen-bond donors (Lipinski definition) is 0. The Morgan fingerprint density at radius 3 is 2.12 bits per heavy atom. The van der Waals surface area contributed by atoms with E-state index in [1.54, 1.807) is 0 Å². The minimum absolute atomic E-state index is 0.992. The Bertz CT molecular complexity index is 2430. The number of para-hydroxylation sites is 3. The van der Waals surface area contributed by atoms with Crippen LogP contribution in [0.25, 0.3) is 77.0 Å². The van der Waals surface area contributed by atoms with Crippen LogP contribution in [0.15, 0.2) is 134 Å². The lowest BCUT2D eigenvalue weighted by molar-refractivity contribution is 1.19. The molecule has 0 aliphatic carbocycles. The van der Waals surface area contributed by atoms with E-state index in [1.165, 1.54) is 38.1 Å². The Morgan fingerprint density at radius 1 is 0.500 bits per heavy atom. The molecule has 4 heteroatoms. The van der Waals surface area contributed by atoms with Gasteiger partial charge in [-0.25, -0.2) is 4.98 Å². The van der Waals surface area contributed by atoms with Gasteiger partial charge in [0.2, 0.25) is 0 Å². The smallest absolute Gasteiger partial charge is 0.146 e. The lowest BCUT2D eigenvalue weighted by Gasteiger charge is -2.14. The number of imidazole rings is 1. The van der Waals surface area contributed by atoms with Gasteiger partial charge >= 0.3 is 0 Å². The number of hydrogen-bond acceptors (Lipinski definition) is 2. The molecule has 0 bridgehead atoms. The molecule has 0 atom stereocenters. The Hall–Kier alpha value is -5.48.